The minimum absolute atomic E-state index is 0.873. The van der Waals surface area contributed by atoms with Gasteiger partial charge in [-0.2, -0.15) is 0 Å². The van der Waals surface area contributed by atoms with Crippen LogP contribution < -0.4 is 9.80 Å². The van der Waals surface area contributed by atoms with Crippen molar-refractivity contribution in [3.05, 3.63) is 84.9 Å². The number of nitrogens with zero attached hydrogens (tertiary/aromatic N) is 2. The summed E-state index contributed by atoms with van der Waals surface area (Å²) in [5.74, 6) is 0. The maximum atomic E-state index is 3.82. The van der Waals surface area contributed by atoms with Crippen molar-refractivity contribution in [1.29, 1.82) is 0 Å². The molecule has 118 valence electrons. The Morgan fingerprint density at radius 2 is 1.58 bits per heavy atom. The predicted octanol–water partition coefficient (Wildman–Crippen LogP) is 5.54. The van der Waals surface area contributed by atoms with E-state index in [0.717, 1.165) is 12.2 Å². The highest BCUT2D eigenvalue weighted by molar-refractivity contribution is 5.83. The summed E-state index contributed by atoms with van der Waals surface area (Å²) in [5.41, 5.74) is 7.36. The molecule has 0 radical (unpaired) electrons. The quantitative estimate of drug-likeness (QED) is 0.626. The van der Waals surface area contributed by atoms with Crippen LogP contribution in [0.5, 0.6) is 0 Å². The van der Waals surface area contributed by atoms with Crippen LogP contribution in [0.1, 0.15) is 5.56 Å². The Balaban J connectivity index is 1.72. The van der Waals surface area contributed by atoms with Gasteiger partial charge in [-0.25, -0.2) is 0 Å². The van der Waals surface area contributed by atoms with Gasteiger partial charge in [0.15, 0.2) is 0 Å². The van der Waals surface area contributed by atoms with Gasteiger partial charge in [-0.05, 0) is 41.0 Å². The van der Waals surface area contributed by atoms with Crippen LogP contribution in [0.25, 0.3) is 17.2 Å². The minimum Gasteiger partial charge on any atom is -0.355 e. The summed E-state index contributed by atoms with van der Waals surface area (Å²) in [5, 5.41) is 0. The molecule has 0 amide bonds. The maximum absolute atomic E-state index is 3.82. The topological polar surface area (TPSA) is 6.48 Å². The summed E-state index contributed by atoms with van der Waals surface area (Å²) in [6.07, 6.45) is 1.87. The predicted molar refractivity (Wildman–Crippen MR) is 104 cm³/mol. The molecule has 1 heterocycles. The van der Waals surface area contributed by atoms with Crippen LogP contribution >= 0.6 is 0 Å². The van der Waals surface area contributed by atoms with Crippen molar-refractivity contribution < 1.29 is 0 Å². The maximum Gasteiger partial charge on any atom is 0.0950 e. The van der Waals surface area contributed by atoms with Gasteiger partial charge in [0.05, 0.1) is 18.0 Å². The molecule has 0 N–H and O–H groups in total. The van der Waals surface area contributed by atoms with Gasteiger partial charge in [0.2, 0.25) is 0 Å². The Kier molecular flexibility index (Phi) is 3.58. The lowest BCUT2D eigenvalue weighted by atomic mass is 10.0. The number of anilines is 3. The Morgan fingerprint density at radius 3 is 2.33 bits per heavy atom. The van der Waals surface area contributed by atoms with E-state index in [1.807, 2.05) is 6.08 Å². The lowest BCUT2D eigenvalue weighted by molar-refractivity contribution is 0.950. The van der Waals surface area contributed by atoms with Gasteiger partial charge in [0, 0.05) is 12.7 Å². The highest BCUT2D eigenvalue weighted by atomic mass is 15.4. The molecule has 2 nitrogen and oxygen atoms in total. The fourth-order valence-corrected chi connectivity index (χ4v) is 3.27. The second-order valence-electron chi connectivity index (χ2n) is 6.13. The van der Waals surface area contributed by atoms with Crippen LogP contribution in [0.4, 0.5) is 17.1 Å². The van der Waals surface area contributed by atoms with E-state index in [1.54, 1.807) is 0 Å². The highest BCUT2D eigenvalue weighted by Gasteiger charge is 2.23. The Labute approximate surface area is 143 Å². The summed E-state index contributed by atoms with van der Waals surface area (Å²) < 4.78 is 0. The van der Waals surface area contributed by atoms with Gasteiger partial charge in [0.25, 0.3) is 0 Å². The van der Waals surface area contributed by atoms with Gasteiger partial charge in [0.1, 0.15) is 0 Å². The average molecular weight is 312 g/mol. The van der Waals surface area contributed by atoms with Crippen molar-refractivity contribution in [3.63, 3.8) is 0 Å². The lowest BCUT2D eigenvalue weighted by Crippen LogP contribution is -2.23. The number of rotatable bonds is 3. The van der Waals surface area contributed by atoms with Gasteiger partial charge in [-0.3, -0.25) is 0 Å². The molecule has 0 aliphatic carbocycles. The molecule has 1 aliphatic heterocycles. The first-order chi connectivity index (χ1) is 11.8. The van der Waals surface area contributed by atoms with Crippen molar-refractivity contribution in [2.45, 2.75) is 0 Å². The molecule has 2 heteroatoms. The van der Waals surface area contributed by atoms with E-state index in [0.29, 0.717) is 0 Å². The molecule has 0 aromatic heterocycles. The number of fused-ring (bicyclic) bond motifs is 1. The molecule has 3 aromatic rings. The zero-order chi connectivity index (χ0) is 16.5. The molecular formula is C22H20N2. The van der Waals surface area contributed by atoms with Crippen molar-refractivity contribution in [2.75, 3.05) is 23.5 Å². The fourth-order valence-electron chi connectivity index (χ4n) is 3.27. The van der Waals surface area contributed by atoms with Crippen molar-refractivity contribution in [2.24, 2.45) is 0 Å². The first-order valence-electron chi connectivity index (χ1n) is 8.17. The molecule has 0 bridgehead atoms. The smallest absolute Gasteiger partial charge is 0.0950 e. The van der Waals surface area contributed by atoms with E-state index in [2.05, 4.69) is 96.2 Å². The first-order valence-corrected chi connectivity index (χ1v) is 8.17. The second kappa shape index (κ2) is 5.89. The molecule has 3 aromatic carbocycles. The Hall–Kier alpha value is -3.00. The van der Waals surface area contributed by atoms with E-state index in [9.17, 15) is 0 Å². The lowest BCUT2D eigenvalue weighted by Gasteiger charge is -2.20. The van der Waals surface area contributed by atoms with E-state index in [4.69, 9.17) is 0 Å². The van der Waals surface area contributed by atoms with Gasteiger partial charge in [-0.1, -0.05) is 61.2 Å². The van der Waals surface area contributed by atoms with Crippen LogP contribution in [-0.2, 0) is 0 Å². The third-order valence-corrected chi connectivity index (χ3v) is 4.57. The van der Waals surface area contributed by atoms with Crippen molar-refractivity contribution in [1.82, 2.24) is 0 Å². The minimum atomic E-state index is 0.873. The number of benzene rings is 3. The Bertz CT molecular complexity index is 880. The standard InChI is InChI=1S/C22H20N2/c1-3-17-11-13-18(14-12-17)19-7-6-8-20(15-19)24-16-23(2)21-9-4-5-10-22(21)24/h3-15H,1,16H2,2H3. The second-order valence-corrected chi connectivity index (χ2v) is 6.13. The van der Waals surface area contributed by atoms with Crippen LogP contribution in [-0.4, -0.2) is 13.7 Å². The van der Waals surface area contributed by atoms with E-state index in [-0.39, 0.29) is 0 Å². The van der Waals surface area contributed by atoms with Gasteiger partial charge < -0.3 is 9.80 Å². The third kappa shape index (κ3) is 2.46. The third-order valence-electron chi connectivity index (χ3n) is 4.57. The van der Waals surface area contributed by atoms with Crippen LogP contribution in [0.2, 0.25) is 0 Å². The molecule has 0 fully saturated rings. The summed E-state index contributed by atoms with van der Waals surface area (Å²) >= 11 is 0. The molecule has 0 atom stereocenters. The molecular weight excluding hydrogens is 292 g/mol. The summed E-state index contributed by atoms with van der Waals surface area (Å²) in [6.45, 7) is 4.69. The largest absolute Gasteiger partial charge is 0.355 e. The first kappa shape index (κ1) is 14.6. The van der Waals surface area contributed by atoms with Crippen LogP contribution in [0.15, 0.2) is 79.4 Å². The normalized spacial score (nSPS) is 13.0. The Morgan fingerprint density at radius 1 is 0.833 bits per heavy atom. The van der Waals surface area contributed by atoms with Gasteiger partial charge in [-0.15, -0.1) is 0 Å². The molecule has 24 heavy (non-hydrogen) atoms. The molecule has 0 saturated carbocycles. The van der Waals surface area contributed by atoms with Gasteiger partial charge >= 0.3 is 0 Å². The molecule has 4 rings (SSSR count). The van der Waals surface area contributed by atoms with E-state index < -0.39 is 0 Å². The zero-order valence-electron chi connectivity index (χ0n) is 13.8. The van der Waals surface area contributed by atoms with Crippen molar-refractivity contribution in [3.8, 4) is 11.1 Å². The molecule has 1 aliphatic rings. The molecule has 0 saturated heterocycles. The number of hydrogen-bond donors (Lipinski definition) is 0. The van der Waals surface area contributed by atoms with Crippen LogP contribution in [0.3, 0.4) is 0 Å². The summed E-state index contributed by atoms with van der Waals surface area (Å²) in [4.78, 5) is 4.64. The highest BCUT2D eigenvalue weighted by Crippen LogP contribution is 2.40. The molecule has 0 unspecified atom stereocenters. The SMILES string of the molecule is C=Cc1ccc(-c2cccc(N3CN(C)c4ccccc43)c2)cc1. The van der Waals surface area contributed by atoms with E-state index >= 15 is 0 Å². The fraction of sp³-hybridized carbons (Fsp3) is 0.0909. The van der Waals surface area contributed by atoms with Crippen LogP contribution in [0, 0.1) is 0 Å². The summed E-state index contributed by atoms with van der Waals surface area (Å²) in [6, 6.07) is 25.8. The number of para-hydroxylation sites is 2. The van der Waals surface area contributed by atoms with Crippen molar-refractivity contribution >= 4 is 23.1 Å². The summed E-state index contributed by atoms with van der Waals surface area (Å²) in [7, 11) is 2.14. The zero-order valence-corrected chi connectivity index (χ0v) is 13.8. The number of hydrogen-bond acceptors (Lipinski definition) is 2. The monoisotopic (exact) mass is 312 g/mol. The van der Waals surface area contributed by atoms with E-state index in [1.165, 1.54) is 28.2 Å². The molecule has 0 spiro atoms. The average Bonchev–Trinajstić information content (AvgIpc) is 2.99.